The summed E-state index contributed by atoms with van der Waals surface area (Å²) in [5.74, 6) is -0.538. The van der Waals surface area contributed by atoms with Gasteiger partial charge < -0.3 is 10.6 Å². The van der Waals surface area contributed by atoms with Crippen LogP contribution in [0.1, 0.15) is 37.7 Å². The molecule has 0 amide bonds. The van der Waals surface area contributed by atoms with Gasteiger partial charge in [-0.3, -0.25) is 4.98 Å². The van der Waals surface area contributed by atoms with E-state index in [4.69, 9.17) is 0 Å². The van der Waals surface area contributed by atoms with Crippen LogP contribution in [0.3, 0.4) is 0 Å². The summed E-state index contributed by atoms with van der Waals surface area (Å²) in [6, 6.07) is 9.88. The Hall–Kier alpha value is -3.09. The van der Waals surface area contributed by atoms with E-state index in [1.54, 1.807) is 18.5 Å². The van der Waals surface area contributed by atoms with E-state index in [0.717, 1.165) is 30.2 Å². The minimum atomic E-state index is -0.859. The first kappa shape index (κ1) is 19.2. The molecule has 0 atom stereocenters. The molecule has 0 radical (unpaired) electrons. The van der Waals surface area contributed by atoms with Gasteiger partial charge >= 0.3 is 0 Å². The topological polar surface area (TPSA) is 62.7 Å². The molecule has 0 bridgehead atoms. The van der Waals surface area contributed by atoms with Crippen molar-refractivity contribution in [3.05, 3.63) is 66.0 Å². The van der Waals surface area contributed by atoms with Crippen molar-refractivity contribution in [1.82, 2.24) is 15.0 Å². The Morgan fingerprint density at radius 2 is 1.83 bits per heavy atom. The Morgan fingerprint density at radius 3 is 2.59 bits per heavy atom. The van der Waals surface area contributed by atoms with Gasteiger partial charge in [-0.25, -0.2) is 13.8 Å². The van der Waals surface area contributed by atoms with Crippen LogP contribution in [0.4, 0.5) is 20.5 Å². The summed E-state index contributed by atoms with van der Waals surface area (Å²) in [5.41, 5.74) is 2.27. The minimum absolute atomic E-state index is 0.323. The standard InChI is InChI=1S/C22H23F2N5/c23-18-9-8-15(11-19(18)24)13-26-21-12-20(16-5-4-10-25-14-16)28-22(29-21)27-17-6-2-1-3-7-17/h4-5,8-12,14,17H,1-3,6-7,13H2,(H2,26,27,28,29). The zero-order valence-corrected chi connectivity index (χ0v) is 16.0. The lowest BCUT2D eigenvalue weighted by molar-refractivity contribution is 0.461. The number of halogens is 2. The highest BCUT2D eigenvalue weighted by Crippen LogP contribution is 2.24. The Morgan fingerprint density at radius 1 is 0.966 bits per heavy atom. The van der Waals surface area contributed by atoms with Crippen LogP contribution in [-0.2, 0) is 6.54 Å². The van der Waals surface area contributed by atoms with Crippen LogP contribution in [0.15, 0.2) is 48.8 Å². The van der Waals surface area contributed by atoms with Crippen LogP contribution in [0, 0.1) is 11.6 Å². The number of aromatic nitrogens is 3. The fraction of sp³-hybridized carbons (Fsp3) is 0.318. The first-order chi connectivity index (χ1) is 14.2. The summed E-state index contributed by atoms with van der Waals surface area (Å²) in [4.78, 5) is 13.4. The SMILES string of the molecule is Fc1ccc(CNc2cc(-c3cccnc3)nc(NC3CCCCC3)n2)cc1F. The summed E-state index contributed by atoms with van der Waals surface area (Å²) in [6.07, 6.45) is 9.38. The molecule has 0 aliphatic heterocycles. The molecule has 0 unspecified atom stereocenters. The molecule has 1 fully saturated rings. The smallest absolute Gasteiger partial charge is 0.225 e. The second-order valence-corrected chi connectivity index (χ2v) is 7.29. The van der Waals surface area contributed by atoms with E-state index in [9.17, 15) is 8.78 Å². The molecule has 1 aromatic carbocycles. The van der Waals surface area contributed by atoms with Gasteiger partial charge in [0, 0.05) is 36.6 Å². The zero-order chi connectivity index (χ0) is 20.1. The largest absolute Gasteiger partial charge is 0.366 e. The summed E-state index contributed by atoms with van der Waals surface area (Å²) in [7, 11) is 0. The van der Waals surface area contributed by atoms with Crippen LogP contribution in [-0.4, -0.2) is 21.0 Å². The van der Waals surface area contributed by atoms with Crippen molar-refractivity contribution < 1.29 is 8.78 Å². The third kappa shape index (κ3) is 5.04. The Kier molecular flexibility index (Phi) is 5.93. The number of anilines is 2. The Labute approximate surface area is 168 Å². The first-order valence-electron chi connectivity index (χ1n) is 9.91. The number of pyridine rings is 1. The van der Waals surface area contributed by atoms with Gasteiger partial charge in [-0.1, -0.05) is 25.3 Å². The molecule has 150 valence electrons. The average Bonchev–Trinajstić information content (AvgIpc) is 2.76. The zero-order valence-electron chi connectivity index (χ0n) is 16.0. The third-order valence-corrected chi connectivity index (χ3v) is 5.08. The van der Waals surface area contributed by atoms with Crippen LogP contribution >= 0.6 is 0 Å². The van der Waals surface area contributed by atoms with Crippen molar-refractivity contribution >= 4 is 11.8 Å². The molecule has 1 saturated carbocycles. The maximum atomic E-state index is 13.5. The third-order valence-electron chi connectivity index (χ3n) is 5.08. The lowest BCUT2D eigenvalue weighted by atomic mass is 9.96. The van der Waals surface area contributed by atoms with E-state index in [0.29, 0.717) is 29.9 Å². The second-order valence-electron chi connectivity index (χ2n) is 7.29. The van der Waals surface area contributed by atoms with Crippen LogP contribution in [0.25, 0.3) is 11.3 Å². The van der Waals surface area contributed by atoms with E-state index in [2.05, 4.69) is 25.6 Å². The summed E-state index contributed by atoms with van der Waals surface area (Å²) < 4.78 is 26.6. The molecule has 1 aliphatic carbocycles. The van der Waals surface area contributed by atoms with Crippen molar-refractivity contribution in [2.24, 2.45) is 0 Å². The minimum Gasteiger partial charge on any atom is -0.366 e. The molecule has 1 aliphatic rings. The van der Waals surface area contributed by atoms with Gasteiger partial charge in [-0.2, -0.15) is 4.98 Å². The van der Waals surface area contributed by atoms with Crippen molar-refractivity contribution in [2.75, 3.05) is 10.6 Å². The van der Waals surface area contributed by atoms with E-state index < -0.39 is 11.6 Å². The number of rotatable bonds is 6. The predicted molar refractivity (Wildman–Crippen MR) is 109 cm³/mol. The fourth-order valence-corrected chi connectivity index (χ4v) is 3.54. The van der Waals surface area contributed by atoms with Crippen LogP contribution in [0.5, 0.6) is 0 Å². The van der Waals surface area contributed by atoms with E-state index in [-0.39, 0.29) is 0 Å². The molecule has 29 heavy (non-hydrogen) atoms. The van der Waals surface area contributed by atoms with Gasteiger partial charge in [0.15, 0.2) is 11.6 Å². The molecule has 5 nitrogen and oxygen atoms in total. The van der Waals surface area contributed by atoms with Crippen LogP contribution < -0.4 is 10.6 Å². The number of nitrogens with zero attached hydrogens (tertiary/aromatic N) is 3. The number of hydrogen-bond acceptors (Lipinski definition) is 5. The summed E-state index contributed by atoms with van der Waals surface area (Å²) in [5, 5.41) is 6.65. The van der Waals surface area contributed by atoms with Gasteiger partial charge in [0.25, 0.3) is 0 Å². The Bertz CT molecular complexity index is 959. The quantitative estimate of drug-likeness (QED) is 0.603. The van der Waals surface area contributed by atoms with Crippen molar-refractivity contribution in [3.8, 4) is 11.3 Å². The molecule has 2 N–H and O–H groups in total. The number of hydrogen-bond donors (Lipinski definition) is 2. The molecule has 7 heteroatoms. The molecule has 2 aromatic heterocycles. The maximum absolute atomic E-state index is 13.5. The van der Waals surface area contributed by atoms with E-state index in [1.807, 2.05) is 18.2 Å². The lowest BCUT2D eigenvalue weighted by Crippen LogP contribution is -2.23. The fourth-order valence-electron chi connectivity index (χ4n) is 3.54. The monoisotopic (exact) mass is 395 g/mol. The van der Waals surface area contributed by atoms with Gasteiger partial charge in [-0.05, 0) is 42.7 Å². The van der Waals surface area contributed by atoms with Gasteiger partial charge in [-0.15, -0.1) is 0 Å². The van der Waals surface area contributed by atoms with E-state index in [1.165, 1.54) is 25.3 Å². The van der Waals surface area contributed by atoms with Gasteiger partial charge in [0.05, 0.1) is 5.69 Å². The second kappa shape index (κ2) is 8.94. The summed E-state index contributed by atoms with van der Waals surface area (Å²) in [6.45, 7) is 0.323. The lowest BCUT2D eigenvalue weighted by Gasteiger charge is -2.23. The van der Waals surface area contributed by atoms with Crippen LogP contribution in [0.2, 0.25) is 0 Å². The summed E-state index contributed by atoms with van der Waals surface area (Å²) >= 11 is 0. The highest BCUT2D eigenvalue weighted by molar-refractivity contribution is 5.63. The van der Waals surface area contributed by atoms with Gasteiger partial charge in [0.2, 0.25) is 5.95 Å². The molecule has 2 heterocycles. The maximum Gasteiger partial charge on any atom is 0.225 e. The molecule has 0 spiro atoms. The normalized spacial score (nSPS) is 14.6. The Balaban J connectivity index is 1.57. The number of nitrogens with one attached hydrogen (secondary N) is 2. The van der Waals surface area contributed by atoms with E-state index >= 15 is 0 Å². The van der Waals surface area contributed by atoms with Gasteiger partial charge in [0.1, 0.15) is 5.82 Å². The average molecular weight is 395 g/mol. The highest BCUT2D eigenvalue weighted by Gasteiger charge is 2.15. The molecule has 4 rings (SSSR count). The number of benzene rings is 1. The molecule has 3 aromatic rings. The van der Waals surface area contributed by atoms with Crippen molar-refractivity contribution in [3.63, 3.8) is 0 Å². The molecule has 0 saturated heterocycles. The molecular formula is C22H23F2N5. The first-order valence-corrected chi connectivity index (χ1v) is 9.91. The van der Waals surface area contributed by atoms with Crippen molar-refractivity contribution in [1.29, 1.82) is 0 Å². The molecular weight excluding hydrogens is 372 g/mol. The van der Waals surface area contributed by atoms with Crippen molar-refractivity contribution in [2.45, 2.75) is 44.7 Å². The highest BCUT2D eigenvalue weighted by atomic mass is 19.2. The predicted octanol–water partition coefficient (Wildman–Crippen LogP) is 5.17.